The van der Waals surface area contributed by atoms with E-state index in [0.717, 1.165) is 94.9 Å². The van der Waals surface area contributed by atoms with Crippen LogP contribution in [0.25, 0.3) is 44.2 Å². The van der Waals surface area contributed by atoms with Crippen molar-refractivity contribution in [3.8, 4) is 22.3 Å². The van der Waals surface area contributed by atoms with Gasteiger partial charge in [0.25, 0.3) is 5.91 Å². The van der Waals surface area contributed by atoms with Crippen molar-refractivity contribution in [2.75, 3.05) is 50.7 Å². The van der Waals surface area contributed by atoms with Gasteiger partial charge in [-0.05, 0) is 71.6 Å². The van der Waals surface area contributed by atoms with Gasteiger partial charge in [0.05, 0.1) is 18.8 Å². The molecule has 49 heavy (non-hydrogen) atoms. The molecule has 0 radical (unpaired) electrons. The molecule has 0 spiro atoms. The van der Waals surface area contributed by atoms with Crippen LogP contribution in [-0.2, 0) is 10.9 Å². The first-order valence-electron chi connectivity index (χ1n) is 16.0. The number of aromatic nitrogens is 2. The molecule has 1 aliphatic rings. The number of ether oxygens (including phenoxy) is 1. The van der Waals surface area contributed by atoms with Gasteiger partial charge < -0.3 is 19.3 Å². The van der Waals surface area contributed by atoms with E-state index in [-0.39, 0.29) is 5.91 Å². The Hall–Kier alpha value is -4.84. The monoisotopic (exact) mass is 681 g/mol. The number of halogens is 3. The minimum Gasteiger partial charge on any atom is -0.379 e. The summed E-state index contributed by atoms with van der Waals surface area (Å²) in [4.78, 5) is 24.0. The molecule has 4 aromatic carbocycles. The average molecular weight is 682 g/mol. The van der Waals surface area contributed by atoms with Crippen LogP contribution in [0.3, 0.4) is 0 Å². The number of carbonyl (C=O) groups is 1. The zero-order valence-electron chi connectivity index (χ0n) is 26.8. The molecule has 250 valence electrons. The lowest BCUT2D eigenvalue weighted by atomic mass is 9.92. The molecule has 1 fully saturated rings. The topological polar surface area (TPSA) is 73.5 Å². The Balaban J connectivity index is 1.21. The van der Waals surface area contributed by atoms with Gasteiger partial charge in [-0.2, -0.15) is 13.2 Å². The molecule has 0 atom stereocenters. The average Bonchev–Trinajstić information content (AvgIpc) is 3.50. The quantitative estimate of drug-likeness (QED) is 0.150. The molecule has 7 nitrogen and oxygen atoms in total. The number of fused-ring (bicyclic) bond motifs is 3. The van der Waals surface area contributed by atoms with Gasteiger partial charge in [-0.3, -0.25) is 9.69 Å². The van der Waals surface area contributed by atoms with Gasteiger partial charge in [-0.15, -0.1) is 0 Å². The van der Waals surface area contributed by atoms with Crippen molar-refractivity contribution < 1.29 is 22.7 Å². The van der Waals surface area contributed by atoms with Crippen molar-refractivity contribution >= 4 is 45.5 Å². The first kappa shape index (κ1) is 32.7. The SMILES string of the molecule is CN(Sc1cccc(C(F)(F)F)c1)c1ccc2[nH]c3ncc(-c4ccc(C(=O)NCCN5CCOCC5)cc4)c(-c4ccccc4)c3c2c1. The number of hydrogen-bond donors (Lipinski definition) is 2. The second-order valence-corrected chi connectivity index (χ2v) is 13.1. The first-order valence-corrected chi connectivity index (χ1v) is 16.8. The molecule has 1 amide bonds. The smallest absolute Gasteiger partial charge is 0.379 e. The largest absolute Gasteiger partial charge is 0.416 e. The zero-order chi connectivity index (χ0) is 34.0. The summed E-state index contributed by atoms with van der Waals surface area (Å²) in [5.41, 5.74) is 6.17. The van der Waals surface area contributed by atoms with E-state index in [1.807, 2.05) is 78.2 Å². The molecule has 2 aromatic heterocycles. The summed E-state index contributed by atoms with van der Waals surface area (Å²) >= 11 is 1.23. The number of H-pyrrole nitrogens is 1. The number of nitrogens with one attached hydrogen (secondary N) is 2. The van der Waals surface area contributed by atoms with E-state index in [0.29, 0.717) is 17.0 Å². The van der Waals surface area contributed by atoms with Gasteiger partial charge in [0.1, 0.15) is 5.65 Å². The minimum atomic E-state index is -4.41. The summed E-state index contributed by atoms with van der Waals surface area (Å²) in [5, 5.41) is 4.90. The third kappa shape index (κ3) is 7.15. The predicted octanol–water partition coefficient (Wildman–Crippen LogP) is 8.27. The maximum absolute atomic E-state index is 13.4. The van der Waals surface area contributed by atoms with Crippen molar-refractivity contribution in [2.24, 2.45) is 0 Å². The predicted molar refractivity (Wildman–Crippen MR) is 190 cm³/mol. The highest BCUT2D eigenvalue weighted by atomic mass is 32.2. The minimum absolute atomic E-state index is 0.118. The van der Waals surface area contributed by atoms with Crippen molar-refractivity contribution in [3.63, 3.8) is 0 Å². The summed E-state index contributed by atoms with van der Waals surface area (Å²) in [6.45, 7) is 4.54. The van der Waals surface area contributed by atoms with Crippen LogP contribution < -0.4 is 9.62 Å². The highest BCUT2D eigenvalue weighted by Crippen LogP contribution is 2.42. The van der Waals surface area contributed by atoms with E-state index in [1.165, 1.54) is 18.0 Å². The lowest BCUT2D eigenvalue weighted by molar-refractivity contribution is -0.137. The van der Waals surface area contributed by atoms with E-state index >= 15 is 0 Å². The molecule has 1 saturated heterocycles. The fourth-order valence-electron chi connectivity index (χ4n) is 6.16. The summed E-state index contributed by atoms with van der Waals surface area (Å²) in [6.07, 6.45) is -2.56. The highest BCUT2D eigenvalue weighted by Gasteiger charge is 2.30. The number of benzene rings is 4. The number of rotatable bonds is 9. The number of pyridine rings is 1. The Morgan fingerprint density at radius 1 is 0.959 bits per heavy atom. The Kier molecular flexibility index (Phi) is 9.31. The number of amides is 1. The number of nitrogens with zero attached hydrogens (tertiary/aromatic N) is 3. The van der Waals surface area contributed by atoms with Gasteiger partial charge in [0.15, 0.2) is 0 Å². The van der Waals surface area contributed by atoms with Gasteiger partial charge >= 0.3 is 6.18 Å². The third-order valence-electron chi connectivity index (χ3n) is 8.71. The Morgan fingerprint density at radius 2 is 1.73 bits per heavy atom. The molecule has 0 unspecified atom stereocenters. The zero-order valence-corrected chi connectivity index (χ0v) is 27.6. The van der Waals surface area contributed by atoms with Gasteiger partial charge in [0, 0.05) is 83.0 Å². The fourth-order valence-corrected chi connectivity index (χ4v) is 7.01. The standard InChI is InChI=1S/C38H34F3N5O2S/c1-45(49-30-9-5-8-28(22-30)38(39,40)41)29-14-15-33-31(23-29)35-34(26-6-3-2-4-7-26)32(24-43-36(35)44-33)25-10-12-27(13-11-25)37(47)42-16-17-46-18-20-48-21-19-46/h2-15,22-24H,16-21H2,1H3,(H,42,47)(H,43,44). The van der Waals surface area contributed by atoms with E-state index in [9.17, 15) is 18.0 Å². The van der Waals surface area contributed by atoms with Gasteiger partial charge in [0.2, 0.25) is 0 Å². The summed E-state index contributed by atoms with van der Waals surface area (Å²) in [6, 6.07) is 28.9. The highest BCUT2D eigenvalue weighted by molar-refractivity contribution is 8.00. The van der Waals surface area contributed by atoms with Gasteiger partial charge in [-0.25, -0.2) is 4.98 Å². The molecule has 0 aliphatic carbocycles. The van der Waals surface area contributed by atoms with Crippen LogP contribution >= 0.6 is 11.9 Å². The van der Waals surface area contributed by atoms with Crippen LogP contribution in [0.1, 0.15) is 15.9 Å². The second-order valence-electron chi connectivity index (χ2n) is 11.9. The van der Waals surface area contributed by atoms with E-state index in [1.54, 1.807) is 6.07 Å². The summed E-state index contributed by atoms with van der Waals surface area (Å²) in [7, 11) is 1.84. The van der Waals surface area contributed by atoms with Crippen LogP contribution in [0.4, 0.5) is 18.9 Å². The normalized spacial score (nSPS) is 14.0. The maximum atomic E-state index is 13.4. The number of morpholine rings is 1. The van der Waals surface area contributed by atoms with Crippen LogP contribution in [0.5, 0.6) is 0 Å². The first-order chi connectivity index (χ1) is 23.7. The molecule has 11 heteroatoms. The number of aromatic amines is 1. The molecular formula is C38H34F3N5O2S. The lowest BCUT2D eigenvalue weighted by Crippen LogP contribution is -2.41. The Morgan fingerprint density at radius 3 is 2.49 bits per heavy atom. The molecule has 6 aromatic rings. The maximum Gasteiger partial charge on any atom is 0.416 e. The molecule has 0 bridgehead atoms. The number of hydrogen-bond acceptors (Lipinski definition) is 6. The van der Waals surface area contributed by atoms with E-state index in [2.05, 4.69) is 27.3 Å². The number of anilines is 1. The summed E-state index contributed by atoms with van der Waals surface area (Å²) in [5.74, 6) is -0.118. The van der Waals surface area contributed by atoms with Crippen molar-refractivity contribution in [3.05, 3.63) is 114 Å². The van der Waals surface area contributed by atoms with Crippen LogP contribution in [0.2, 0.25) is 0 Å². The molecule has 1 aliphatic heterocycles. The lowest BCUT2D eigenvalue weighted by Gasteiger charge is -2.26. The van der Waals surface area contributed by atoms with Crippen LogP contribution in [-0.4, -0.2) is 67.2 Å². The van der Waals surface area contributed by atoms with Crippen LogP contribution in [0.15, 0.2) is 108 Å². The number of alkyl halides is 3. The fraction of sp³-hybridized carbons (Fsp3) is 0.211. The molecule has 0 saturated carbocycles. The number of carbonyl (C=O) groups excluding carboxylic acids is 1. The molecule has 2 N–H and O–H groups in total. The Bertz CT molecular complexity index is 2100. The molecule has 7 rings (SSSR count). The van der Waals surface area contributed by atoms with E-state index < -0.39 is 11.7 Å². The van der Waals surface area contributed by atoms with E-state index in [4.69, 9.17) is 9.72 Å². The molecular weight excluding hydrogens is 648 g/mol. The molecule has 3 heterocycles. The van der Waals surface area contributed by atoms with Crippen LogP contribution in [0, 0.1) is 0 Å². The summed E-state index contributed by atoms with van der Waals surface area (Å²) < 4.78 is 47.3. The van der Waals surface area contributed by atoms with Crippen molar-refractivity contribution in [2.45, 2.75) is 11.1 Å². The second kappa shape index (κ2) is 13.9. The van der Waals surface area contributed by atoms with Crippen molar-refractivity contribution in [1.29, 1.82) is 0 Å². The third-order valence-corrected chi connectivity index (χ3v) is 9.66. The van der Waals surface area contributed by atoms with Gasteiger partial charge in [-0.1, -0.05) is 48.5 Å². The Labute approximate surface area is 286 Å². The van der Waals surface area contributed by atoms with Crippen molar-refractivity contribution in [1.82, 2.24) is 20.2 Å².